The fourth-order valence-corrected chi connectivity index (χ4v) is 1.76. The molecule has 0 aliphatic carbocycles. The van der Waals surface area contributed by atoms with E-state index in [-0.39, 0.29) is 5.82 Å². The van der Waals surface area contributed by atoms with Crippen molar-refractivity contribution in [3.8, 4) is 6.07 Å². The molecule has 1 aromatic heterocycles. The van der Waals surface area contributed by atoms with Crippen LogP contribution in [0.3, 0.4) is 0 Å². The molecule has 0 N–H and O–H groups in total. The number of hydrogen-bond donors (Lipinski definition) is 0. The van der Waals surface area contributed by atoms with Gasteiger partial charge in [-0.2, -0.15) is 5.26 Å². The van der Waals surface area contributed by atoms with E-state index in [9.17, 15) is 4.39 Å². The second kappa shape index (κ2) is 2.85. The van der Waals surface area contributed by atoms with Crippen molar-refractivity contribution in [3.63, 3.8) is 0 Å². The van der Waals surface area contributed by atoms with E-state index in [1.807, 2.05) is 14.0 Å². The zero-order valence-electron chi connectivity index (χ0n) is 8.00. The molecule has 1 aromatic carbocycles. The molecule has 2 aromatic rings. The second-order valence-electron chi connectivity index (χ2n) is 3.31. The average molecular weight is 188 g/mol. The highest BCUT2D eigenvalue weighted by molar-refractivity contribution is 5.86. The number of hydrogen-bond acceptors (Lipinski definition) is 1. The van der Waals surface area contributed by atoms with Gasteiger partial charge in [0.25, 0.3) is 0 Å². The molecule has 14 heavy (non-hydrogen) atoms. The van der Waals surface area contributed by atoms with Crippen molar-refractivity contribution in [1.82, 2.24) is 4.57 Å². The van der Waals surface area contributed by atoms with Crippen molar-refractivity contribution in [2.75, 3.05) is 0 Å². The Bertz CT molecular complexity index is 546. The minimum atomic E-state index is -0.268. The van der Waals surface area contributed by atoms with Crippen LogP contribution < -0.4 is 0 Å². The molecule has 2 nitrogen and oxygen atoms in total. The lowest BCUT2D eigenvalue weighted by molar-refractivity contribution is 0.629. The van der Waals surface area contributed by atoms with Gasteiger partial charge >= 0.3 is 0 Å². The minimum absolute atomic E-state index is 0.268. The van der Waals surface area contributed by atoms with Crippen molar-refractivity contribution >= 4 is 10.9 Å². The number of benzene rings is 1. The zero-order valence-corrected chi connectivity index (χ0v) is 8.00. The summed E-state index contributed by atoms with van der Waals surface area (Å²) < 4.78 is 14.8. The molecule has 0 spiro atoms. The summed E-state index contributed by atoms with van der Waals surface area (Å²) in [6.45, 7) is 1.83. The monoisotopic (exact) mass is 188 g/mol. The van der Waals surface area contributed by atoms with E-state index < -0.39 is 0 Å². The van der Waals surface area contributed by atoms with Crippen LogP contribution in [-0.2, 0) is 7.05 Å². The summed E-state index contributed by atoms with van der Waals surface area (Å²) in [5.41, 5.74) is 2.32. The zero-order chi connectivity index (χ0) is 10.3. The third-order valence-corrected chi connectivity index (χ3v) is 2.52. The van der Waals surface area contributed by atoms with E-state index in [1.54, 1.807) is 10.6 Å². The predicted octanol–water partition coefficient (Wildman–Crippen LogP) is 2.50. The normalized spacial score (nSPS) is 10.4. The van der Waals surface area contributed by atoms with Crippen LogP contribution in [0.15, 0.2) is 18.2 Å². The van der Waals surface area contributed by atoms with Crippen molar-refractivity contribution in [1.29, 1.82) is 5.26 Å². The molecule has 0 saturated heterocycles. The number of fused-ring (bicyclic) bond motifs is 1. The number of aromatic nitrogens is 1. The summed E-state index contributed by atoms with van der Waals surface area (Å²) >= 11 is 0. The highest BCUT2D eigenvalue weighted by Gasteiger charge is 2.11. The lowest BCUT2D eigenvalue weighted by Crippen LogP contribution is -1.91. The maximum atomic E-state index is 13.0. The molecule has 0 saturated carbocycles. The molecule has 0 unspecified atom stereocenters. The number of nitriles is 1. The molecule has 2 rings (SSSR count). The molecule has 0 radical (unpaired) electrons. The Hall–Kier alpha value is -1.82. The maximum Gasteiger partial charge on any atom is 0.123 e. The quantitative estimate of drug-likeness (QED) is 0.624. The van der Waals surface area contributed by atoms with Crippen LogP contribution >= 0.6 is 0 Å². The standard InChI is InChI=1S/C11H9FN2/c1-7-9-5-8(12)3-4-10(9)14(2)11(7)6-13/h3-5H,1-2H3. The minimum Gasteiger partial charge on any atom is -0.335 e. The number of aryl methyl sites for hydroxylation is 2. The van der Waals surface area contributed by atoms with Gasteiger partial charge in [-0.3, -0.25) is 0 Å². The van der Waals surface area contributed by atoms with Crippen LogP contribution in [0.2, 0.25) is 0 Å². The third kappa shape index (κ3) is 1.01. The Labute approximate surface area is 81.2 Å². The van der Waals surface area contributed by atoms with Gasteiger partial charge < -0.3 is 4.57 Å². The lowest BCUT2D eigenvalue weighted by Gasteiger charge is -1.95. The molecule has 3 heteroatoms. The average Bonchev–Trinajstić information content (AvgIpc) is 2.39. The highest BCUT2D eigenvalue weighted by atomic mass is 19.1. The summed E-state index contributed by atoms with van der Waals surface area (Å²) in [6.07, 6.45) is 0. The molecule has 70 valence electrons. The second-order valence-corrected chi connectivity index (χ2v) is 3.31. The third-order valence-electron chi connectivity index (χ3n) is 2.52. The Morgan fingerprint density at radius 2 is 2.14 bits per heavy atom. The van der Waals surface area contributed by atoms with Crippen LogP contribution in [0.25, 0.3) is 10.9 Å². The van der Waals surface area contributed by atoms with E-state index in [0.717, 1.165) is 16.5 Å². The van der Waals surface area contributed by atoms with E-state index in [4.69, 9.17) is 5.26 Å². The van der Waals surface area contributed by atoms with Crippen molar-refractivity contribution < 1.29 is 4.39 Å². The first kappa shape index (κ1) is 8.76. The van der Waals surface area contributed by atoms with Gasteiger partial charge in [0.2, 0.25) is 0 Å². The van der Waals surface area contributed by atoms with Crippen LogP contribution in [0, 0.1) is 24.1 Å². The van der Waals surface area contributed by atoms with Gasteiger partial charge in [-0.05, 0) is 30.7 Å². The molecule has 0 bridgehead atoms. The Morgan fingerprint density at radius 3 is 2.79 bits per heavy atom. The molecule has 0 fully saturated rings. The lowest BCUT2D eigenvalue weighted by atomic mass is 10.1. The predicted molar refractivity (Wildman–Crippen MR) is 52.3 cm³/mol. The van der Waals surface area contributed by atoms with E-state index >= 15 is 0 Å². The van der Waals surface area contributed by atoms with Gasteiger partial charge in [0, 0.05) is 18.0 Å². The van der Waals surface area contributed by atoms with Crippen LogP contribution in [0.4, 0.5) is 4.39 Å². The Morgan fingerprint density at radius 1 is 1.43 bits per heavy atom. The van der Waals surface area contributed by atoms with Gasteiger partial charge in [-0.15, -0.1) is 0 Å². The van der Waals surface area contributed by atoms with Gasteiger partial charge in [0.05, 0.1) is 0 Å². The van der Waals surface area contributed by atoms with E-state index in [2.05, 4.69) is 6.07 Å². The summed E-state index contributed by atoms with van der Waals surface area (Å²) in [5, 5.41) is 9.71. The summed E-state index contributed by atoms with van der Waals surface area (Å²) in [5.74, 6) is -0.268. The first-order valence-electron chi connectivity index (χ1n) is 4.30. The molecular formula is C11H9FN2. The number of rotatable bonds is 0. The summed E-state index contributed by atoms with van der Waals surface area (Å²) in [6, 6.07) is 6.68. The van der Waals surface area contributed by atoms with Gasteiger partial charge in [-0.1, -0.05) is 0 Å². The number of nitrogens with zero attached hydrogens (tertiary/aromatic N) is 2. The highest BCUT2D eigenvalue weighted by Crippen LogP contribution is 2.24. The molecule has 1 heterocycles. The largest absolute Gasteiger partial charge is 0.335 e. The topological polar surface area (TPSA) is 28.7 Å². The van der Waals surface area contributed by atoms with Gasteiger partial charge in [0.15, 0.2) is 0 Å². The molecular weight excluding hydrogens is 179 g/mol. The van der Waals surface area contributed by atoms with Crippen molar-refractivity contribution in [2.24, 2.45) is 7.05 Å². The molecule has 0 amide bonds. The number of halogens is 1. The summed E-state index contributed by atoms with van der Waals surface area (Å²) in [4.78, 5) is 0. The van der Waals surface area contributed by atoms with Crippen molar-refractivity contribution in [3.05, 3.63) is 35.3 Å². The first-order chi connectivity index (χ1) is 6.65. The Kier molecular flexibility index (Phi) is 1.78. The van der Waals surface area contributed by atoms with Gasteiger partial charge in [0.1, 0.15) is 17.6 Å². The van der Waals surface area contributed by atoms with Gasteiger partial charge in [-0.25, -0.2) is 4.39 Å². The Balaban J connectivity index is 2.96. The first-order valence-corrected chi connectivity index (χ1v) is 4.30. The van der Waals surface area contributed by atoms with E-state index in [1.165, 1.54) is 12.1 Å². The van der Waals surface area contributed by atoms with Crippen molar-refractivity contribution in [2.45, 2.75) is 6.92 Å². The molecule has 0 aliphatic heterocycles. The fourth-order valence-electron chi connectivity index (χ4n) is 1.76. The van der Waals surface area contributed by atoms with E-state index in [0.29, 0.717) is 5.69 Å². The molecule has 0 aliphatic rings. The maximum absolute atomic E-state index is 13.0. The smallest absolute Gasteiger partial charge is 0.123 e. The van der Waals surface area contributed by atoms with Crippen LogP contribution in [0.5, 0.6) is 0 Å². The van der Waals surface area contributed by atoms with Crippen LogP contribution in [0.1, 0.15) is 11.3 Å². The summed E-state index contributed by atoms with van der Waals surface area (Å²) in [7, 11) is 1.81. The fraction of sp³-hybridized carbons (Fsp3) is 0.182. The van der Waals surface area contributed by atoms with Crippen LogP contribution in [-0.4, -0.2) is 4.57 Å². The SMILES string of the molecule is Cc1c(C#N)n(C)c2ccc(F)cc12. The molecule has 0 atom stereocenters.